The van der Waals surface area contributed by atoms with Gasteiger partial charge in [0.2, 0.25) is 5.91 Å². The maximum atomic E-state index is 13.3. The standard InChI is InChI=1S/C15H13Cl2FN2O/c1-9-2-3-10(16)6-14(9)20-15(21)8-19-11-4-5-12(17)13(18)7-11/h2-7,19H,8H2,1H3,(H,20,21). The highest BCUT2D eigenvalue weighted by molar-refractivity contribution is 6.31. The fraction of sp³-hybridized carbons (Fsp3) is 0.133. The van der Waals surface area contributed by atoms with Crippen LogP contribution in [0.1, 0.15) is 5.56 Å². The normalized spacial score (nSPS) is 10.3. The molecule has 6 heteroatoms. The number of halogens is 3. The van der Waals surface area contributed by atoms with Crippen molar-refractivity contribution in [1.29, 1.82) is 0 Å². The Balaban J connectivity index is 1.95. The molecule has 2 N–H and O–H groups in total. The van der Waals surface area contributed by atoms with E-state index in [1.54, 1.807) is 18.2 Å². The molecule has 0 aromatic heterocycles. The van der Waals surface area contributed by atoms with Crippen LogP contribution in [0.3, 0.4) is 0 Å². The van der Waals surface area contributed by atoms with Crippen LogP contribution in [-0.4, -0.2) is 12.5 Å². The topological polar surface area (TPSA) is 41.1 Å². The number of rotatable bonds is 4. The van der Waals surface area contributed by atoms with E-state index in [4.69, 9.17) is 23.2 Å². The third kappa shape index (κ3) is 4.34. The summed E-state index contributed by atoms with van der Waals surface area (Å²) in [6.45, 7) is 1.88. The molecule has 1 amide bonds. The van der Waals surface area contributed by atoms with Crippen LogP contribution in [0.2, 0.25) is 10.0 Å². The molecular weight excluding hydrogens is 314 g/mol. The van der Waals surface area contributed by atoms with E-state index in [1.165, 1.54) is 12.1 Å². The zero-order valence-electron chi connectivity index (χ0n) is 11.2. The summed E-state index contributed by atoms with van der Waals surface area (Å²) in [5, 5.41) is 6.15. The van der Waals surface area contributed by atoms with E-state index in [1.807, 2.05) is 13.0 Å². The molecule has 0 bridgehead atoms. The molecule has 2 rings (SSSR count). The number of anilines is 2. The van der Waals surface area contributed by atoms with E-state index in [9.17, 15) is 9.18 Å². The largest absolute Gasteiger partial charge is 0.376 e. The first-order chi connectivity index (χ1) is 9.95. The predicted molar refractivity (Wildman–Crippen MR) is 84.7 cm³/mol. The van der Waals surface area contributed by atoms with Crippen LogP contribution in [-0.2, 0) is 4.79 Å². The van der Waals surface area contributed by atoms with Crippen LogP contribution in [0, 0.1) is 12.7 Å². The number of carbonyl (C=O) groups is 1. The number of hydrogen-bond donors (Lipinski definition) is 2. The predicted octanol–water partition coefficient (Wildman–Crippen LogP) is 4.49. The molecule has 0 fully saturated rings. The summed E-state index contributed by atoms with van der Waals surface area (Å²) in [4.78, 5) is 11.9. The molecule has 0 unspecified atom stereocenters. The molecule has 2 aromatic carbocycles. The van der Waals surface area contributed by atoms with Crippen molar-refractivity contribution in [3.63, 3.8) is 0 Å². The van der Waals surface area contributed by atoms with Gasteiger partial charge < -0.3 is 10.6 Å². The quantitative estimate of drug-likeness (QED) is 0.869. The Morgan fingerprint density at radius 2 is 1.95 bits per heavy atom. The number of benzene rings is 2. The molecule has 0 saturated carbocycles. The summed E-state index contributed by atoms with van der Waals surface area (Å²) in [5.74, 6) is -0.788. The number of nitrogens with one attached hydrogen (secondary N) is 2. The summed E-state index contributed by atoms with van der Waals surface area (Å²) in [6.07, 6.45) is 0. The monoisotopic (exact) mass is 326 g/mol. The van der Waals surface area contributed by atoms with Gasteiger partial charge in [-0.25, -0.2) is 4.39 Å². The van der Waals surface area contributed by atoms with Gasteiger partial charge in [0.25, 0.3) is 0 Å². The summed E-state index contributed by atoms with van der Waals surface area (Å²) < 4.78 is 13.3. The molecule has 0 atom stereocenters. The lowest BCUT2D eigenvalue weighted by Crippen LogP contribution is -2.22. The highest BCUT2D eigenvalue weighted by atomic mass is 35.5. The molecule has 0 radical (unpaired) electrons. The minimum atomic E-state index is -0.534. The SMILES string of the molecule is Cc1ccc(Cl)cc1NC(=O)CNc1ccc(Cl)c(F)c1. The van der Waals surface area contributed by atoms with E-state index in [0.29, 0.717) is 16.4 Å². The van der Waals surface area contributed by atoms with Gasteiger partial charge in [0.05, 0.1) is 11.6 Å². The second-order valence-electron chi connectivity index (χ2n) is 4.49. The molecule has 0 aliphatic carbocycles. The molecule has 110 valence electrons. The van der Waals surface area contributed by atoms with Crippen molar-refractivity contribution >= 4 is 40.5 Å². The molecule has 2 aromatic rings. The number of aryl methyl sites for hydroxylation is 1. The fourth-order valence-electron chi connectivity index (χ4n) is 1.71. The molecule has 3 nitrogen and oxygen atoms in total. The van der Waals surface area contributed by atoms with Crippen LogP contribution >= 0.6 is 23.2 Å². The van der Waals surface area contributed by atoms with Gasteiger partial charge in [0, 0.05) is 16.4 Å². The molecule has 0 saturated heterocycles. The van der Waals surface area contributed by atoms with Crippen molar-refractivity contribution in [3.05, 3.63) is 57.8 Å². The van der Waals surface area contributed by atoms with Gasteiger partial charge in [-0.3, -0.25) is 4.79 Å². The molecule has 21 heavy (non-hydrogen) atoms. The van der Waals surface area contributed by atoms with Crippen molar-refractivity contribution in [2.24, 2.45) is 0 Å². The van der Waals surface area contributed by atoms with Gasteiger partial charge in [-0.15, -0.1) is 0 Å². The Bertz CT molecular complexity index is 677. The minimum absolute atomic E-state index is 0.00697. The van der Waals surface area contributed by atoms with Gasteiger partial charge in [-0.2, -0.15) is 0 Å². The zero-order valence-corrected chi connectivity index (χ0v) is 12.7. The number of hydrogen-bond acceptors (Lipinski definition) is 2. The third-order valence-electron chi connectivity index (χ3n) is 2.85. The van der Waals surface area contributed by atoms with E-state index in [0.717, 1.165) is 5.56 Å². The zero-order chi connectivity index (χ0) is 15.4. The molecule has 0 aliphatic heterocycles. The van der Waals surface area contributed by atoms with Crippen LogP contribution in [0.25, 0.3) is 0 Å². The first kappa shape index (κ1) is 15.6. The van der Waals surface area contributed by atoms with Crippen molar-refractivity contribution in [1.82, 2.24) is 0 Å². The minimum Gasteiger partial charge on any atom is -0.376 e. The van der Waals surface area contributed by atoms with Gasteiger partial charge in [0.1, 0.15) is 5.82 Å². The summed E-state index contributed by atoms with van der Waals surface area (Å²) in [6, 6.07) is 9.51. The highest BCUT2D eigenvalue weighted by Crippen LogP contribution is 2.20. The average molecular weight is 327 g/mol. The van der Waals surface area contributed by atoms with Gasteiger partial charge in [-0.1, -0.05) is 29.3 Å². The van der Waals surface area contributed by atoms with Crippen LogP contribution in [0.4, 0.5) is 15.8 Å². The Kier molecular flexibility index (Phi) is 5.04. The van der Waals surface area contributed by atoms with Crippen molar-refractivity contribution in [2.45, 2.75) is 6.92 Å². The maximum absolute atomic E-state index is 13.3. The lowest BCUT2D eigenvalue weighted by Gasteiger charge is -2.10. The van der Waals surface area contributed by atoms with Gasteiger partial charge >= 0.3 is 0 Å². The fourth-order valence-corrected chi connectivity index (χ4v) is 2.00. The van der Waals surface area contributed by atoms with Crippen LogP contribution in [0.5, 0.6) is 0 Å². The molecule has 0 heterocycles. The lowest BCUT2D eigenvalue weighted by atomic mass is 10.2. The smallest absolute Gasteiger partial charge is 0.243 e. The summed E-state index contributed by atoms with van der Waals surface area (Å²) >= 11 is 11.5. The first-order valence-corrected chi connectivity index (χ1v) is 6.96. The average Bonchev–Trinajstić information content (AvgIpc) is 2.44. The van der Waals surface area contributed by atoms with E-state index < -0.39 is 5.82 Å². The Labute approximate surface area is 132 Å². The summed E-state index contributed by atoms with van der Waals surface area (Å²) in [5.41, 5.74) is 2.04. The van der Waals surface area contributed by atoms with Gasteiger partial charge in [0.15, 0.2) is 0 Å². The lowest BCUT2D eigenvalue weighted by molar-refractivity contribution is -0.114. The molecule has 0 spiro atoms. The van der Waals surface area contributed by atoms with E-state index in [2.05, 4.69) is 10.6 Å². The second kappa shape index (κ2) is 6.78. The Hall–Kier alpha value is -1.78. The highest BCUT2D eigenvalue weighted by Gasteiger charge is 2.06. The van der Waals surface area contributed by atoms with Crippen molar-refractivity contribution in [3.8, 4) is 0 Å². The Morgan fingerprint density at radius 3 is 2.67 bits per heavy atom. The second-order valence-corrected chi connectivity index (χ2v) is 5.33. The third-order valence-corrected chi connectivity index (χ3v) is 3.39. The van der Waals surface area contributed by atoms with E-state index >= 15 is 0 Å². The van der Waals surface area contributed by atoms with Crippen molar-refractivity contribution in [2.75, 3.05) is 17.2 Å². The molecular formula is C15H13Cl2FN2O. The van der Waals surface area contributed by atoms with Crippen LogP contribution < -0.4 is 10.6 Å². The van der Waals surface area contributed by atoms with Gasteiger partial charge in [-0.05, 0) is 42.8 Å². The van der Waals surface area contributed by atoms with Crippen LogP contribution in [0.15, 0.2) is 36.4 Å². The first-order valence-electron chi connectivity index (χ1n) is 6.20. The van der Waals surface area contributed by atoms with Crippen molar-refractivity contribution < 1.29 is 9.18 Å². The number of carbonyl (C=O) groups excluding carboxylic acids is 1. The maximum Gasteiger partial charge on any atom is 0.243 e. The Morgan fingerprint density at radius 1 is 1.19 bits per heavy atom. The number of amides is 1. The van der Waals surface area contributed by atoms with E-state index in [-0.39, 0.29) is 17.5 Å². The summed E-state index contributed by atoms with van der Waals surface area (Å²) in [7, 11) is 0. The molecule has 0 aliphatic rings.